The fraction of sp³-hybridized carbons (Fsp3) is 0.500. The predicted octanol–water partition coefficient (Wildman–Crippen LogP) is 1.44. The van der Waals surface area contributed by atoms with Crippen LogP contribution in [-0.2, 0) is 14.8 Å². The average Bonchev–Trinajstić information content (AvgIpc) is 3.25. The lowest BCUT2D eigenvalue weighted by atomic mass is 9.98. The van der Waals surface area contributed by atoms with Crippen LogP contribution < -0.4 is 9.62 Å². The zero-order valence-corrected chi connectivity index (χ0v) is 15.6. The van der Waals surface area contributed by atoms with Gasteiger partial charge in [0, 0.05) is 12.2 Å². The normalized spacial score (nSPS) is 18.5. The number of rotatable bonds is 6. The number of hydrogen-bond donors (Lipinski definition) is 1. The molecule has 1 aromatic carbocycles. The Labute approximate surface area is 152 Å². The number of sulfonamides is 1. The quantitative estimate of drug-likeness (QED) is 0.814. The molecule has 1 N–H and O–H groups in total. The topological polar surface area (TPSA) is 110 Å². The molecule has 1 fully saturated rings. The first kappa shape index (κ1) is 18.3. The Morgan fingerprint density at radius 1 is 1.31 bits per heavy atom. The fourth-order valence-electron chi connectivity index (χ4n) is 3.02. The highest BCUT2D eigenvalue weighted by Crippen LogP contribution is 2.26. The van der Waals surface area contributed by atoms with Gasteiger partial charge in [0.2, 0.25) is 15.9 Å². The van der Waals surface area contributed by atoms with Crippen LogP contribution in [0.4, 0.5) is 11.4 Å². The lowest BCUT2D eigenvalue weighted by Gasteiger charge is -2.22. The Morgan fingerprint density at radius 2 is 2.04 bits per heavy atom. The van der Waals surface area contributed by atoms with Crippen molar-refractivity contribution in [1.29, 1.82) is 0 Å². The minimum atomic E-state index is -3.21. The molecule has 1 aromatic heterocycles. The largest absolute Gasteiger partial charge is 0.324 e. The third kappa shape index (κ3) is 3.69. The number of nitrogens with one attached hydrogen (secondary N) is 1. The van der Waals surface area contributed by atoms with Gasteiger partial charge >= 0.3 is 0 Å². The van der Waals surface area contributed by atoms with Gasteiger partial charge in [-0.05, 0) is 47.0 Å². The van der Waals surface area contributed by atoms with Gasteiger partial charge in [-0.3, -0.25) is 9.10 Å². The molecule has 2 aromatic rings. The Hall–Kier alpha value is -2.49. The second-order valence-electron chi connectivity index (χ2n) is 6.40. The number of carbonyl (C=O) groups excluding carboxylic acids is 1. The highest BCUT2D eigenvalue weighted by molar-refractivity contribution is 7.93. The van der Waals surface area contributed by atoms with E-state index in [9.17, 15) is 13.2 Å². The van der Waals surface area contributed by atoms with Crippen molar-refractivity contribution in [2.24, 2.45) is 5.92 Å². The lowest BCUT2D eigenvalue weighted by molar-refractivity contribution is -0.121. The van der Waals surface area contributed by atoms with E-state index in [4.69, 9.17) is 0 Å². The molecule has 10 heteroatoms. The highest BCUT2D eigenvalue weighted by atomic mass is 32.2. The van der Waals surface area contributed by atoms with E-state index in [0.29, 0.717) is 24.3 Å². The molecule has 0 bridgehead atoms. The van der Waals surface area contributed by atoms with Crippen molar-refractivity contribution in [1.82, 2.24) is 20.2 Å². The minimum Gasteiger partial charge on any atom is -0.324 e. The van der Waals surface area contributed by atoms with E-state index in [1.54, 1.807) is 24.3 Å². The third-order valence-corrected chi connectivity index (χ3v) is 6.49. The molecule has 0 saturated carbocycles. The van der Waals surface area contributed by atoms with Crippen molar-refractivity contribution in [3.05, 3.63) is 30.6 Å². The summed E-state index contributed by atoms with van der Waals surface area (Å²) in [4.78, 5) is 12.7. The van der Waals surface area contributed by atoms with Crippen LogP contribution in [0.2, 0.25) is 0 Å². The predicted molar refractivity (Wildman–Crippen MR) is 97.1 cm³/mol. The summed E-state index contributed by atoms with van der Waals surface area (Å²) in [5, 5.41) is 13.9. The van der Waals surface area contributed by atoms with Gasteiger partial charge in [-0.25, -0.2) is 13.1 Å². The smallest absolute Gasteiger partial charge is 0.249 e. The summed E-state index contributed by atoms with van der Waals surface area (Å²) in [6.45, 7) is 4.46. The number of tetrazole rings is 1. The molecule has 2 heterocycles. The van der Waals surface area contributed by atoms with Crippen molar-refractivity contribution < 1.29 is 13.2 Å². The van der Waals surface area contributed by atoms with Crippen LogP contribution in [0.5, 0.6) is 0 Å². The molecule has 3 rings (SSSR count). The molecular formula is C16H22N6O3S. The molecule has 1 aliphatic rings. The van der Waals surface area contributed by atoms with Crippen LogP contribution in [0.3, 0.4) is 0 Å². The van der Waals surface area contributed by atoms with E-state index in [1.165, 1.54) is 15.3 Å². The van der Waals surface area contributed by atoms with Crippen molar-refractivity contribution >= 4 is 27.3 Å². The summed E-state index contributed by atoms with van der Waals surface area (Å²) in [7, 11) is -3.21. The van der Waals surface area contributed by atoms with Gasteiger partial charge in [0.25, 0.3) is 0 Å². The Balaban J connectivity index is 1.74. The maximum Gasteiger partial charge on any atom is 0.249 e. The highest BCUT2D eigenvalue weighted by Gasteiger charge is 2.29. The number of hydrogen-bond acceptors (Lipinski definition) is 6. The second kappa shape index (κ2) is 7.40. The van der Waals surface area contributed by atoms with Crippen LogP contribution in [0.25, 0.3) is 0 Å². The standard InChI is InChI=1S/C16H22N6O3S/c1-3-12(2)15(21-11-17-19-20-21)16(23)18-13-5-7-14(8-6-13)22-9-4-10-26(22,24)25/h5-8,11-12,15H,3-4,9-10H2,1-2H3,(H,18,23). The van der Waals surface area contributed by atoms with Gasteiger partial charge in [-0.1, -0.05) is 20.3 Å². The summed E-state index contributed by atoms with van der Waals surface area (Å²) in [6.07, 6.45) is 2.85. The number of aromatic nitrogens is 4. The van der Waals surface area contributed by atoms with Crippen molar-refractivity contribution in [2.45, 2.75) is 32.7 Å². The van der Waals surface area contributed by atoms with Gasteiger partial charge in [0.1, 0.15) is 12.4 Å². The molecule has 1 saturated heterocycles. The molecule has 0 aliphatic carbocycles. The van der Waals surface area contributed by atoms with E-state index < -0.39 is 16.1 Å². The lowest BCUT2D eigenvalue weighted by Crippen LogP contribution is -2.31. The number of benzene rings is 1. The number of anilines is 2. The van der Waals surface area contributed by atoms with Crippen LogP contribution in [-0.4, -0.2) is 46.8 Å². The number of nitrogens with zero attached hydrogens (tertiary/aromatic N) is 5. The fourth-order valence-corrected chi connectivity index (χ4v) is 4.58. The maximum absolute atomic E-state index is 12.7. The van der Waals surface area contributed by atoms with Gasteiger partial charge in [0.05, 0.1) is 11.4 Å². The zero-order valence-electron chi connectivity index (χ0n) is 14.7. The van der Waals surface area contributed by atoms with Gasteiger partial charge in [0.15, 0.2) is 0 Å². The zero-order chi connectivity index (χ0) is 18.7. The molecule has 1 aliphatic heterocycles. The summed E-state index contributed by atoms with van der Waals surface area (Å²) in [5.74, 6) is 0.00861. The van der Waals surface area contributed by atoms with E-state index >= 15 is 0 Å². The van der Waals surface area contributed by atoms with Gasteiger partial charge in [-0.2, -0.15) is 0 Å². The molecule has 2 unspecified atom stereocenters. The number of carbonyl (C=O) groups is 1. The Kier molecular flexibility index (Phi) is 5.21. The van der Waals surface area contributed by atoms with E-state index in [0.717, 1.165) is 6.42 Å². The molecule has 0 spiro atoms. The molecule has 0 radical (unpaired) electrons. The van der Waals surface area contributed by atoms with Crippen LogP contribution >= 0.6 is 0 Å². The summed E-state index contributed by atoms with van der Waals surface area (Å²) in [6, 6.07) is 6.29. The molecule has 1 amide bonds. The summed E-state index contributed by atoms with van der Waals surface area (Å²) < 4.78 is 26.8. The molecule has 140 valence electrons. The molecule has 26 heavy (non-hydrogen) atoms. The monoisotopic (exact) mass is 378 g/mol. The van der Waals surface area contributed by atoms with E-state index in [1.807, 2.05) is 13.8 Å². The van der Waals surface area contributed by atoms with E-state index in [-0.39, 0.29) is 17.6 Å². The van der Waals surface area contributed by atoms with Crippen LogP contribution in [0.15, 0.2) is 30.6 Å². The molecular weight excluding hydrogens is 356 g/mol. The first-order valence-corrected chi connectivity index (χ1v) is 10.2. The molecule has 9 nitrogen and oxygen atoms in total. The Bertz CT molecular complexity index is 851. The van der Waals surface area contributed by atoms with Crippen LogP contribution in [0, 0.1) is 5.92 Å². The van der Waals surface area contributed by atoms with Gasteiger partial charge < -0.3 is 5.32 Å². The van der Waals surface area contributed by atoms with Crippen LogP contribution in [0.1, 0.15) is 32.7 Å². The van der Waals surface area contributed by atoms with E-state index in [2.05, 4.69) is 20.8 Å². The Morgan fingerprint density at radius 3 is 2.58 bits per heavy atom. The van der Waals surface area contributed by atoms with Gasteiger partial charge in [-0.15, -0.1) is 5.10 Å². The van der Waals surface area contributed by atoms with Crippen molar-refractivity contribution in [3.63, 3.8) is 0 Å². The first-order chi connectivity index (χ1) is 12.4. The van der Waals surface area contributed by atoms with Crippen molar-refractivity contribution in [3.8, 4) is 0 Å². The van der Waals surface area contributed by atoms with Crippen molar-refractivity contribution in [2.75, 3.05) is 21.9 Å². The molecule has 2 atom stereocenters. The summed E-state index contributed by atoms with van der Waals surface area (Å²) >= 11 is 0. The minimum absolute atomic E-state index is 0.0486. The first-order valence-electron chi connectivity index (χ1n) is 8.56. The average molecular weight is 378 g/mol. The summed E-state index contributed by atoms with van der Waals surface area (Å²) in [5.41, 5.74) is 1.20. The third-order valence-electron chi connectivity index (χ3n) is 4.62. The number of amides is 1. The SMILES string of the molecule is CCC(C)C(C(=O)Nc1ccc(N2CCCS2(=O)=O)cc1)n1cnnn1. The second-order valence-corrected chi connectivity index (χ2v) is 8.41. The maximum atomic E-state index is 12.7.